The van der Waals surface area contributed by atoms with E-state index >= 15 is 0 Å². The minimum absolute atomic E-state index is 0.0885. The van der Waals surface area contributed by atoms with Crippen molar-refractivity contribution in [3.8, 4) is 0 Å². The Morgan fingerprint density at radius 3 is 3.15 bits per heavy atom. The number of rotatable bonds is 2. The summed E-state index contributed by atoms with van der Waals surface area (Å²) in [5, 5.41) is 3.78. The van der Waals surface area contributed by atoms with E-state index in [-0.39, 0.29) is 5.89 Å². The summed E-state index contributed by atoms with van der Waals surface area (Å²) < 4.78 is 4.73. The van der Waals surface area contributed by atoms with E-state index in [0.717, 1.165) is 12.2 Å². The van der Waals surface area contributed by atoms with Gasteiger partial charge in [0.25, 0.3) is 5.89 Å². The van der Waals surface area contributed by atoms with Crippen LogP contribution in [0, 0.1) is 0 Å². The van der Waals surface area contributed by atoms with Crippen molar-refractivity contribution in [2.45, 2.75) is 18.8 Å². The molecule has 1 aromatic heterocycles. The molecule has 13 heavy (non-hydrogen) atoms. The van der Waals surface area contributed by atoms with Gasteiger partial charge in [0.1, 0.15) is 0 Å². The number of aromatic nitrogens is 2. The fourth-order valence-corrected chi connectivity index (χ4v) is 2.54. The van der Waals surface area contributed by atoms with Gasteiger partial charge in [0.2, 0.25) is 6.29 Å². The maximum atomic E-state index is 10.3. The number of aldehydes is 1. The molecule has 1 aliphatic heterocycles. The predicted octanol–water partition coefficient (Wildman–Crippen LogP) is 1.49. The lowest BCUT2D eigenvalue weighted by Gasteiger charge is -2.17. The van der Waals surface area contributed by atoms with E-state index in [0.29, 0.717) is 18.0 Å². The number of hydrogen-bond acceptors (Lipinski definition) is 5. The number of thioether (sulfide) groups is 1. The lowest BCUT2D eigenvalue weighted by molar-refractivity contribution is 0.108. The first-order valence-corrected chi connectivity index (χ1v) is 5.42. The SMILES string of the molecule is O=Cc1nc(C2CCCSC2)no1. The number of hydrogen-bond donors (Lipinski definition) is 0. The largest absolute Gasteiger partial charge is 0.331 e. The van der Waals surface area contributed by atoms with Crippen LogP contribution in [0.4, 0.5) is 0 Å². The van der Waals surface area contributed by atoms with E-state index in [2.05, 4.69) is 10.1 Å². The molecule has 1 atom stereocenters. The lowest BCUT2D eigenvalue weighted by Crippen LogP contribution is -2.10. The molecule has 1 aliphatic rings. The maximum Gasteiger partial charge on any atom is 0.290 e. The lowest BCUT2D eigenvalue weighted by atomic mass is 10.1. The average Bonchev–Trinajstić information content (AvgIpc) is 2.67. The van der Waals surface area contributed by atoms with Crippen molar-refractivity contribution in [2.75, 3.05) is 11.5 Å². The molecule has 0 aliphatic carbocycles. The van der Waals surface area contributed by atoms with Crippen LogP contribution in [0.1, 0.15) is 35.3 Å². The second-order valence-corrected chi connectivity index (χ2v) is 4.17. The fourth-order valence-electron chi connectivity index (χ4n) is 1.41. The molecule has 1 unspecified atom stereocenters. The summed E-state index contributed by atoms with van der Waals surface area (Å²) in [5.74, 6) is 3.41. The molecule has 0 spiro atoms. The molecule has 1 saturated heterocycles. The van der Waals surface area contributed by atoms with E-state index in [4.69, 9.17) is 4.52 Å². The van der Waals surface area contributed by atoms with Crippen LogP contribution in [-0.4, -0.2) is 27.9 Å². The first-order chi connectivity index (χ1) is 6.40. The third-order valence-electron chi connectivity index (χ3n) is 2.08. The molecule has 0 bridgehead atoms. The van der Waals surface area contributed by atoms with Gasteiger partial charge in [0, 0.05) is 11.7 Å². The molecule has 5 heteroatoms. The van der Waals surface area contributed by atoms with Crippen molar-refractivity contribution >= 4 is 18.0 Å². The highest BCUT2D eigenvalue weighted by Crippen LogP contribution is 2.29. The third kappa shape index (κ3) is 1.91. The van der Waals surface area contributed by atoms with Crippen LogP contribution in [-0.2, 0) is 0 Å². The summed E-state index contributed by atoms with van der Waals surface area (Å²) in [7, 11) is 0. The fraction of sp³-hybridized carbons (Fsp3) is 0.625. The van der Waals surface area contributed by atoms with Crippen molar-refractivity contribution in [1.82, 2.24) is 10.1 Å². The van der Waals surface area contributed by atoms with E-state index in [1.54, 1.807) is 0 Å². The molecule has 0 aromatic carbocycles. The molecule has 0 amide bonds. The molecule has 0 N–H and O–H groups in total. The highest BCUT2D eigenvalue weighted by Gasteiger charge is 2.20. The van der Waals surface area contributed by atoms with E-state index in [9.17, 15) is 4.79 Å². The number of carbonyl (C=O) groups excluding carboxylic acids is 1. The molecule has 70 valence electrons. The summed E-state index contributed by atoms with van der Waals surface area (Å²) in [6.07, 6.45) is 2.89. The van der Waals surface area contributed by atoms with Crippen molar-refractivity contribution in [3.05, 3.63) is 11.7 Å². The summed E-state index contributed by atoms with van der Waals surface area (Å²) in [5.41, 5.74) is 0. The minimum Gasteiger partial charge on any atom is -0.331 e. The van der Waals surface area contributed by atoms with Gasteiger partial charge in [0.05, 0.1) is 0 Å². The molecule has 1 aromatic rings. The Morgan fingerprint density at radius 1 is 1.62 bits per heavy atom. The van der Waals surface area contributed by atoms with Gasteiger partial charge in [-0.15, -0.1) is 0 Å². The van der Waals surface area contributed by atoms with Crippen LogP contribution in [0.5, 0.6) is 0 Å². The standard InChI is InChI=1S/C8H10N2O2S/c11-4-7-9-8(10-12-7)6-2-1-3-13-5-6/h4,6H,1-3,5H2. The predicted molar refractivity (Wildman–Crippen MR) is 49.0 cm³/mol. The van der Waals surface area contributed by atoms with Crippen LogP contribution in [0.25, 0.3) is 0 Å². The van der Waals surface area contributed by atoms with Crippen molar-refractivity contribution < 1.29 is 9.32 Å². The van der Waals surface area contributed by atoms with Crippen LogP contribution < -0.4 is 0 Å². The molecule has 2 rings (SSSR count). The summed E-state index contributed by atoms with van der Waals surface area (Å²) in [4.78, 5) is 14.3. The third-order valence-corrected chi connectivity index (χ3v) is 3.30. The number of carbonyl (C=O) groups is 1. The van der Waals surface area contributed by atoms with Crippen molar-refractivity contribution in [1.29, 1.82) is 0 Å². The molecule has 0 radical (unpaired) electrons. The van der Waals surface area contributed by atoms with Gasteiger partial charge < -0.3 is 4.52 Å². The van der Waals surface area contributed by atoms with E-state index in [1.807, 2.05) is 11.8 Å². The Balaban J connectivity index is 2.09. The zero-order chi connectivity index (χ0) is 9.10. The Hall–Kier alpha value is -0.840. The first-order valence-electron chi connectivity index (χ1n) is 4.26. The molecule has 2 heterocycles. The Bertz CT molecular complexity index is 294. The van der Waals surface area contributed by atoms with Crippen LogP contribution in [0.3, 0.4) is 0 Å². The quantitative estimate of drug-likeness (QED) is 0.674. The van der Waals surface area contributed by atoms with Crippen LogP contribution >= 0.6 is 11.8 Å². The van der Waals surface area contributed by atoms with Gasteiger partial charge in [-0.1, -0.05) is 5.16 Å². The topological polar surface area (TPSA) is 56.0 Å². The van der Waals surface area contributed by atoms with E-state index in [1.165, 1.54) is 12.2 Å². The zero-order valence-corrected chi connectivity index (χ0v) is 7.92. The normalized spacial score (nSPS) is 22.9. The average molecular weight is 198 g/mol. The Morgan fingerprint density at radius 2 is 2.54 bits per heavy atom. The monoisotopic (exact) mass is 198 g/mol. The van der Waals surface area contributed by atoms with Gasteiger partial charge in [0.15, 0.2) is 5.82 Å². The molecular weight excluding hydrogens is 188 g/mol. The second kappa shape index (κ2) is 3.91. The van der Waals surface area contributed by atoms with Crippen LogP contribution in [0.15, 0.2) is 4.52 Å². The maximum absolute atomic E-state index is 10.3. The smallest absolute Gasteiger partial charge is 0.290 e. The Kier molecular flexibility index (Phi) is 2.63. The van der Waals surface area contributed by atoms with Gasteiger partial charge >= 0.3 is 0 Å². The first kappa shape index (κ1) is 8.74. The van der Waals surface area contributed by atoms with Gasteiger partial charge in [-0.2, -0.15) is 16.7 Å². The number of nitrogens with zero attached hydrogens (tertiary/aromatic N) is 2. The van der Waals surface area contributed by atoms with Gasteiger partial charge in [-0.25, -0.2) is 0 Å². The van der Waals surface area contributed by atoms with Gasteiger partial charge in [-0.05, 0) is 18.6 Å². The highest BCUT2D eigenvalue weighted by molar-refractivity contribution is 7.99. The van der Waals surface area contributed by atoms with Crippen LogP contribution in [0.2, 0.25) is 0 Å². The van der Waals surface area contributed by atoms with Crippen molar-refractivity contribution in [3.63, 3.8) is 0 Å². The van der Waals surface area contributed by atoms with Crippen molar-refractivity contribution in [2.24, 2.45) is 0 Å². The summed E-state index contributed by atoms with van der Waals surface area (Å²) in [6.45, 7) is 0. The molecule has 1 fully saturated rings. The molecule has 4 nitrogen and oxygen atoms in total. The minimum atomic E-state index is 0.0885. The Labute approximate surface area is 80.1 Å². The van der Waals surface area contributed by atoms with E-state index < -0.39 is 0 Å². The molecule has 0 saturated carbocycles. The molecular formula is C8H10N2O2S. The zero-order valence-electron chi connectivity index (χ0n) is 7.10. The summed E-state index contributed by atoms with van der Waals surface area (Å²) in [6, 6.07) is 0. The summed E-state index contributed by atoms with van der Waals surface area (Å²) >= 11 is 1.90. The second-order valence-electron chi connectivity index (χ2n) is 3.02. The highest BCUT2D eigenvalue weighted by atomic mass is 32.2. The van der Waals surface area contributed by atoms with Gasteiger partial charge in [-0.3, -0.25) is 4.79 Å².